The molecule has 0 heterocycles. The quantitative estimate of drug-likeness (QED) is 0.221. The molecule has 0 aliphatic rings. The molecule has 0 radical (unpaired) electrons. The predicted molar refractivity (Wildman–Crippen MR) is 90.5 cm³/mol. The first-order chi connectivity index (χ1) is 10.5. The molecule has 134 valence electrons. The van der Waals surface area contributed by atoms with E-state index in [1.54, 1.807) is 0 Å². The van der Waals surface area contributed by atoms with Gasteiger partial charge < -0.3 is 4.55 Å². The van der Waals surface area contributed by atoms with E-state index in [1.165, 1.54) is 64.2 Å². The van der Waals surface area contributed by atoms with Gasteiger partial charge >= 0.3 is 0 Å². The van der Waals surface area contributed by atoms with Gasteiger partial charge in [-0.05, 0) is 12.3 Å². The van der Waals surface area contributed by atoms with Crippen molar-refractivity contribution in [2.45, 2.75) is 97.3 Å². The summed E-state index contributed by atoms with van der Waals surface area (Å²) in [5.74, 6) is 0.740. The molecule has 1 unspecified atom stereocenters. The van der Waals surface area contributed by atoms with Gasteiger partial charge in [-0.2, -0.15) is 0 Å². The molecule has 0 aromatic rings. The van der Waals surface area contributed by atoms with Crippen molar-refractivity contribution < 1.29 is 17.2 Å². The fourth-order valence-electron chi connectivity index (χ4n) is 2.70. The summed E-state index contributed by atoms with van der Waals surface area (Å²) >= 11 is 0. The lowest BCUT2D eigenvalue weighted by molar-refractivity contribution is 0.254. The van der Waals surface area contributed by atoms with Crippen molar-refractivity contribution >= 4 is 10.4 Å². The van der Waals surface area contributed by atoms with Crippen LogP contribution in [0.4, 0.5) is 0 Å². The monoisotopic (exact) mass is 335 g/mol. The first-order valence-corrected chi connectivity index (χ1v) is 10.4. The van der Waals surface area contributed by atoms with Gasteiger partial charge in [0.1, 0.15) is 0 Å². The zero-order valence-corrected chi connectivity index (χ0v) is 15.3. The number of rotatable bonds is 16. The topological polar surface area (TPSA) is 66.4 Å². The average molecular weight is 336 g/mol. The summed E-state index contributed by atoms with van der Waals surface area (Å²) in [6.45, 7) is 4.57. The number of hydrogen-bond donors (Lipinski definition) is 0. The Morgan fingerprint density at radius 3 is 1.77 bits per heavy atom. The Hall–Kier alpha value is -0.130. The molecule has 0 amide bonds. The van der Waals surface area contributed by atoms with Crippen LogP contribution in [0.15, 0.2) is 0 Å². The Kier molecular flexibility index (Phi) is 14.4. The van der Waals surface area contributed by atoms with Crippen molar-refractivity contribution in [2.75, 3.05) is 6.61 Å². The van der Waals surface area contributed by atoms with E-state index in [9.17, 15) is 13.0 Å². The molecule has 22 heavy (non-hydrogen) atoms. The van der Waals surface area contributed by atoms with Gasteiger partial charge in [0.2, 0.25) is 10.4 Å². The van der Waals surface area contributed by atoms with Gasteiger partial charge in [-0.1, -0.05) is 90.9 Å². The van der Waals surface area contributed by atoms with Crippen LogP contribution in [0.1, 0.15) is 97.3 Å². The fourth-order valence-corrected chi connectivity index (χ4v) is 3.03. The highest BCUT2D eigenvalue weighted by atomic mass is 32.3. The molecule has 0 aliphatic heterocycles. The molecular formula is C17H35O4S-. The van der Waals surface area contributed by atoms with Crippen molar-refractivity contribution in [1.82, 2.24) is 0 Å². The summed E-state index contributed by atoms with van der Waals surface area (Å²) in [6.07, 6.45) is 16.0. The summed E-state index contributed by atoms with van der Waals surface area (Å²) in [4.78, 5) is 0. The lowest BCUT2D eigenvalue weighted by atomic mass is 9.96. The van der Waals surface area contributed by atoms with Gasteiger partial charge in [0.15, 0.2) is 0 Å². The van der Waals surface area contributed by atoms with Crippen LogP contribution in [0.3, 0.4) is 0 Å². The van der Waals surface area contributed by atoms with E-state index in [2.05, 4.69) is 18.0 Å². The van der Waals surface area contributed by atoms with E-state index in [0.29, 0.717) is 6.42 Å². The minimum atomic E-state index is -4.50. The first-order valence-electron chi connectivity index (χ1n) is 9.06. The van der Waals surface area contributed by atoms with Crippen LogP contribution in [0.2, 0.25) is 0 Å². The molecule has 0 N–H and O–H groups in total. The zero-order chi connectivity index (χ0) is 16.7. The second kappa shape index (κ2) is 14.5. The normalized spacial score (nSPS) is 13.4. The maximum absolute atomic E-state index is 10.2. The van der Waals surface area contributed by atoms with Crippen molar-refractivity contribution in [2.24, 2.45) is 5.92 Å². The van der Waals surface area contributed by atoms with Crippen LogP contribution in [0.25, 0.3) is 0 Å². The Morgan fingerprint density at radius 2 is 1.27 bits per heavy atom. The van der Waals surface area contributed by atoms with Gasteiger partial charge in [0.05, 0.1) is 6.61 Å². The largest absolute Gasteiger partial charge is 0.726 e. The maximum atomic E-state index is 10.2. The molecular weight excluding hydrogens is 300 g/mol. The number of hydrogen-bond acceptors (Lipinski definition) is 4. The zero-order valence-electron chi connectivity index (χ0n) is 14.5. The van der Waals surface area contributed by atoms with Gasteiger partial charge in [-0.25, -0.2) is 8.42 Å². The summed E-state index contributed by atoms with van der Waals surface area (Å²) in [5.41, 5.74) is 0. The van der Waals surface area contributed by atoms with E-state index < -0.39 is 10.4 Å². The van der Waals surface area contributed by atoms with Crippen molar-refractivity contribution in [3.8, 4) is 0 Å². The second-order valence-corrected chi connectivity index (χ2v) is 7.50. The Labute approximate surface area is 138 Å². The molecule has 0 saturated heterocycles. The van der Waals surface area contributed by atoms with Gasteiger partial charge in [0.25, 0.3) is 0 Å². The molecule has 0 rings (SSSR count). The predicted octanol–water partition coefficient (Wildman–Crippen LogP) is 5.19. The maximum Gasteiger partial charge on any atom is 0.217 e. The standard InChI is InChI=1S/C17H36O4S/c1-3-4-5-6-7-8-9-11-14-17(2)15-12-10-13-16-21-22(18,19)20/h17H,3-16H2,1-2H3,(H,18,19,20)/p-1. The van der Waals surface area contributed by atoms with Crippen molar-refractivity contribution in [1.29, 1.82) is 0 Å². The minimum absolute atomic E-state index is 0.0260. The molecule has 0 aliphatic carbocycles. The van der Waals surface area contributed by atoms with E-state index in [-0.39, 0.29) is 6.61 Å². The van der Waals surface area contributed by atoms with Crippen molar-refractivity contribution in [3.63, 3.8) is 0 Å². The molecule has 4 nitrogen and oxygen atoms in total. The Balaban J connectivity index is 3.24. The average Bonchev–Trinajstić information content (AvgIpc) is 2.44. The molecule has 0 aromatic carbocycles. The van der Waals surface area contributed by atoms with Crippen LogP contribution in [0.5, 0.6) is 0 Å². The number of unbranched alkanes of at least 4 members (excludes halogenated alkanes) is 9. The van der Waals surface area contributed by atoms with Crippen molar-refractivity contribution in [3.05, 3.63) is 0 Å². The highest BCUT2D eigenvalue weighted by molar-refractivity contribution is 7.80. The molecule has 1 atom stereocenters. The summed E-state index contributed by atoms with van der Waals surface area (Å²) in [5, 5.41) is 0. The minimum Gasteiger partial charge on any atom is -0.726 e. The fraction of sp³-hybridized carbons (Fsp3) is 1.00. The molecule has 0 fully saturated rings. The molecule has 5 heteroatoms. The van der Waals surface area contributed by atoms with Gasteiger partial charge in [-0.3, -0.25) is 4.18 Å². The SMILES string of the molecule is CCCCCCCCCCC(C)CCCCCOS(=O)(=O)[O-]. The van der Waals surface area contributed by atoms with Gasteiger partial charge in [-0.15, -0.1) is 0 Å². The first kappa shape index (κ1) is 21.9. The summed E-state index contributed by atoms with van der Waals surface area (Å²) < 4.78 is 34.9. The third-order valence-electron chi connectivity index (χ3n) is 4.12. The van der Waals surface area contributed by atoms with E-state index in [1.807, 2.05) is 0 Å². The van der Waals surface area contributed by atoms with Gasteiger partial charge in [0, 0.05) is 0 Å². The third-order valence-corrected chi connectivity index (χ3v) is 4.57. The van der Waals surface area contributed by atoms with Crippen LogP contribution >= 0.6 is 0 Å². The molecule has 0 saturated carbocycles. The molecule has 0 spiro atoms. The second-order valence-electron chi connectivity index (χ2n) is 6.45. The summed E-state index contributed by atoms with van der Waals surface area (Å²) in [6, 6.07) is 0. The molecule has 0 bridgehead atoms. The van der Waals surface area contributed by atoms with E-state index >= 15 is 0 Å². The van der Waals surface area contributed by atoms with Crippen LogP contribution in [0, 0.1) is 5.92 Å². The lowest BCUT2D eigenvalue weighted by Gasteiger charge is -2.11. The Morgan fingerprint density at radius 1 is 0.818 bits per heavy atom. The third kappa shape index (κ3) is 17.9. The lowest BCUT2D eigenvalue weighted by Crippen LogP contribution is -2.05. The van der Waals surface area contributed by atoms with Crippen LogP contribution in [-0.4, -0.2) is 19.6 Å². The van der Waals surface area contributed by atoms with E-state index in [0.717, 1.165) is 18.8 Å². The highest BCUT2D eigenvalue weighted by Crippen LogP contribution is 2.18. The highest BCUT2D eigenvalue weighted by Gasteiger charge is 2.02. The molecule has 0 aromatic heterocycles. The smallest absolute Gasteiger partial charge is 0.217 e. The van der Waals surface area contributed by atoms with Crippen LogP contribution in [-0.2, 0) is 14.6 Å². The summed E-state index contributed by atoms with van der Waals surface area (Å²) in [7, 11) is -4.50. The van der Waals surface area contributed by atoms with E-state index in [4.69, 9.17) is 0 Å². The Bertz CT molecular complexity index is 328. The van der Waals surface area contributed by atoms with Crippen LogP contribution < -0.4 is 0 Å².